The summed E-state index contributed by atoms with van der Waals surface area (Å²) in [5.74, 6) is 0.287. The number of benzene rings is 2. The molecule has 0 saturated carbocycles. The summed E-state index contributed by atoms with van der Waals surface area (Å²) in [7, 11) is 0. The number of halogens is 4. The second-order valence-corrected chi connectivity index (χ2v) is 10.2. The molecule has 0 N–H and O–H groups in total. The number of carbonyl (C=O) groups is 1. The normalized spacial score (nSPS) is 16.8. The molecule has 2 aromatic carbocycles. The molecule has 1 saturated heterocycles. The zero-order valence-corrected chi connectivity index (χ0v) is 22.0. The average Bonchev–Trinajstić information content (AvgIpc) is 3.32. The molecule has 3 heterocycles. The van der Waals surface area contributed by atoms with Crippen molar-refractivity contribution in [3.05, 3.63) is 87.6 Å². The van der Waals surface area contributed by atoms with Gasteiger partial charge in [0.05, 0.1) is 30.5 Å². The number of hydrogen-bond acceptors (Lipinski definition) is 5. The first-order valence-electron chi connectivity index (χ1n) is 12.5. The highest BCUT2D eigenvalue weighted by Gasteiger charge is 2.33. The highest BCUT2D eigenvalue weighted by molar-refractivity contribution is 6.30. The second kappa shape index (κ2) is 10.8. The number of hydrogen-bond donors (Lipinski definition) is 0. The Balaban J connectivity index is 1.26. The van der Waals surface area contributed by atoms with Crippen molar-refractivity contribution >= 4 is 29.0 Å². The maximum atomic E-state index is 13.5. The van der Waals surface area contributed by atoms with Gasteiger partial charge in [-0.1, -0.05) is 41.9 Å². The Morgan fingerprint density at radius 3 is 2.49 bits per heavy atom. The zero-order chi connectivity index (χ0) is 27.7. The first kappa shape index (κ1) is 26.9. The van der Waals surface area contributed by atoms with Crippen LogP contribution < -0.4 is 4.90 Å². The van der Waals surface area contributed by atoms with Crippen LogP contribution in [0.15, 0.2) is 60.3 Å². The summed E-state index contributed by atoms with van der Waals surface area (Å²) in [5, 5.41) is 14.7. The van der Waals surface area contributed by atoms with Crippen LogP contribution in [0.5, 0.6) is 0 Å². The van der Waals surface area contributed by atoms with Gasteiger partial charge in [-0.15, -0.1) is 0 Å². The van der Waals surface area contributed by atoms with E-state index in [1.165, 1.54) is 18.3 Å². The van der Waals surface area contributed by atoms with E-state index in [9.17, 15) is 23.2 Å². The van der Waals surface area contributed by atoms with E-state index in [-0.39, 0.29) is 12.5 Å². The molecule has 11 heteroatoms. The molecule has 0 bridgehead atoms. The molecule has 0 unspecified atom stereocenters. The smallest absolute Gasteiger partial charge is 0.297 e. The summed E-state index contributed by atoms with van der Waals surface area (Å²) in [6.07, 6.45) is -2.90. The van der Waals surface area contributed by atoms with Crippen molar-refractivity contribution < 1.29 is 18.0 Å². The van der Waals surface area contributed by atoms with Gasteiger partial charge >= 0.3 is 6.18 Å². The number of nitriles is 1. The van der Waals surface area contributed by atoms with Gasteiger partial charge in [0.15, 0.2) is 5.82 Å². The van der Waals surface area contributed by atoms with Gasteiger partial charge < -0.3 is 0 Å². The van der Waals surface area contributed by atoms with Crippen LogP contribution in [0.4, 0.5) is 19.0 Å². The zero-order valence-electron chi connectivity index (χ0n) is 21.2. The van der Waals surface area contributed by atoms with Gasteiger partial charge in [-0.25, -0.2) is 4.68 Å². The van der Waals surface area contributed by atoms with E-state index in [1.807, 2.05) is 30.0 Å². The molecule has 0 radical (unpaired) electrons. The lowest BCUT2D eigenvalue weighted by Gasteiger charge is -2.36. The van der Waals surface area contributed by atoms with E-state index in [2.05, 4.69) is 16.1 Å². The largest absolute Gasteiger partial charge is 0.416 e. The van der Waals surface area contributed by atoms with E-state index >= 15 is 0 Å². The Bertz CT molecular complexity index is 1470. The van der Waals surface area contributed by atoms with Gasteiger partial charge in [0.25, 0.3) is 0 Å². The predicted molar refractivity (Wildman–Crippen MR) is 142 cm³/mol. The molecule has 0 atom stereocenters. The van der Waals surface area contributed by atoms with E-state index in [1.54, 1.807) is 21.7 Å². The predicted octanol–water partition coefficient (Wildman–Crippen LogP) is 4.87. The summed E-state index contributed by atoms with van der Waals surface area (Å²) in [4.78, 5) is 19.2. The Hall–Kier alpha value is -3.65. The number of aromatic nitrogens is 2. The summed E-state index contributed by atoms with van der Waals surface area (Å²) >= 11 is 6.22. The summed E-state index contributed by atoms with van der Waals surface area (Å²) in [6, 6.07) is 14.9. The minimum atomic E-state index is -4.37. The second-order valence-electron chi connectivity index (χ2n) is 9.78. The molecule has 1 aromatic heterocycles. The fourth-order valence-corrected chi connectivity index (χ4v) is 5.30. The highest BCUT2D eigenvalue weighted by atomic mass is 35.5. The lowest BCUT2D eigenvalue weighted by Crippen LogP contribution is -2.50. The monoisotopic (exact) mass is 554 g/mol. The molecule has 3 aromatic rings. The van der Waals surface area contributed by atoms with Crippen molar-refractivity contribution in [1.29, 1.82) is 5.26 Å². The molecule has 0 aliphatic carbocycles. The number of anilines is 1. The Morgan fingerprint density at radius 1 is 1.08 bits per heavy atom. The van der Waals surface area contributed by atoms with E-state index in [4.69, 9.17) is 11.6 Å². The lowest BCUT2D eigenvalue weighted by molar-refractivity contribution is -0.137. The molecule has 7 nitrogen and oxygen atoms in total. The number of alkyl halides is 3. The topological polar surface area (TPSA) is 68.4 Å². The number of nitrogens with zero attached hydrogens (tertiary/aromatic N) is 6. The van der Waals surface area contributed by atoms with Gasteiger partial charge in [-0.05, 0) is 36.3 Å². The third-order valence-corrected chi connectivity index (χ3v) is 7.25. The minimum Gasteiger partial charge on any atom is -0.297 e. The van der Waals surface area contributed by atoms with Gasteiger partial charge in [0, 0.05) is 43.3 Å². The summed E-state index contributed by atoms with van der Waals surface area (Å²) in [5.41, 5.74) is 2.82. The van der Waals surface area contributed by atoms with Crippen molar-refractivity contribution in [2.75, 3.05) is 44.2 Å². The van der Waals surface area contributed by atoms with Crippen molar-refractivity contribution in [3.8, 4) is 6.07 Å². The number of piperazine rings is 1. The maximum Gasteiger partial charge on any atom is 0.416 e. The molecule has 2 aliphatic heterocycles. The minimum absolute atomic E-state index is 0.149. The van der Waals surface area contributed by atoms with E-state index in [0.29, 0.717) is 61.2 Å². The van der Waals surface area contributed by atoms with Gasteiger partial charge in [0.2, 0.25) is 5.91 Å². The molecule has 202 valence electrons. The SMILES string of the molecule is CC1=C(c2cccc(Cl)c2)n2ncc(C#N)c2N(C(=O)CN2CCN(Cc3cccc(C(F)(F)F)c3)CC2)C1. The molecule has 1 amide bonds. The highest BCUT2D eigenvalue weighted by Crippen LogP contribution is 2.35. The molecular formula is C28H26ClF3N6O. The van der Waals surface area contributed by atoms with Crippen LogP contribution in [0, 0.1) is 11.3 Å². The van der Waals surface area contributed by atoms with E-state index in [0.717, 1.165) is 22.9 Å². The van der Waals surface area contributed by atoms with Crippen LogP contribution >= 0.6 is 11.6 Å². The third-order valence-electron chi connectivity index (χ3n) is 7.01. The lowest BCUT2D eigenvalue weighted by atomic mass is 10.0. The van der Waals surface area contributed by atoms with Crippen LogP contribution in [0.25, 0.3) is 5.70 Å². The third kappa shape index (κ3) is 5.71. The van der Waals surface area contributed by atoms with Gasteiger partial charge in [-0.2, -0.15) is 23.5 Å². The maximum absolute atomic E-state index is 13.5. The molecule has 0 spiro atoms. The quantitative estimate of drug-likeness (QED) is 0.450. The molecule has 5 rings (SSSR count). The Kier molecular flexibility index (Phi) is 7.49. The molecule has 39 heavy (non-hydrogen) atoms. The van der Waals surface area contributed by atoms with E-state index < -0.39 is 11.7 Å². The average molecular weight is 555 g/mol. The van der Waals surface area contributed by atoms with Gasteiger partial charge in [-0.3, -0.25) is 19.5 Å². The van der Waals surface area contributed by atoms with Crippen LogP contribution in [-0.4, -0.2) is 64.8 Å². The Morgan fingerprint density at radius 2 is 1.79 bits per heavy atom. The molecule has 1 fully saturated rings. The first-order chi connectivity index (χ1) is 18.6. The Labute approximate surface area is 229 Å². The van der Waals surface area contributed by atoms with Crippen molar-refractivity contribution in [1.82, 2.24) is 19.6 Å². The van der Waals surface area contributed by atoms with Crippen LogP contribution in [0.3, 0.4) is 0 Å². The van der Waals surface area contributed by atoms with Crippen molar-refractivity contribution in [2.45, 2.75) is 19.6 Å². The summed E-state index contributed by atoms with van der Waals surface area (Å²) in [6.45, 7) is 5.28. The van der Waals surface area contributed by atoms with Crippen LogP contribution in [-0.2, 0) is 17.5 Å². The van der Waals surface area contributed by atoms with Crippen molar-refractivity contribution in [3.63, 3.8) is 0 Å². The van der Waals surface area contributed by atoms with Gasteiger partial charge in [0.1, 0.15) is 11.6 Å². The summed E-state index contributed by atoms with van der Waals surface area (Å²) < 4.78 is 40.8. The molecule has 2 aliphatic rings. The standard InChI is InChI=1S/C28H26ClF3N6O/c1-19-16-37(27-22(14-33)15-34-38(27)26(19)21-5-3-7-24(29)13-21)25(39)18-36-10-8-35(9-11-36)17-20-4-2-6-23(12-20)28(30,31)32/h2-7,12-13,15H,8-11,16-18H2,1H3. The molecular weight excluding hydrogens is 529 g/mol. The fraction of sp³-hybridized carbons (Fsp3) is 0.321. The number of carbonyl (C=O) groups excluding carboxylic acids is 1. The first-order valence-corrected chi connectivity index (χ1v) is 12.9. The van der Waals surface area contributed by atoms with Crippen molar-refractivity contribution in [2.24, 2.45) is 0 Å². The number of rotatable bonds is 5. The number of fused-ring (bicyclic) bond motifs is 1. The number of amides is 1. The van der Waals surface area contributed by atoms with Crippen LogP contribution in [0.1, 0.15) is 29.2 Å². The fourth-order valence-electron chi connectivity index (χ4n) is 5.11. The van der Waals surface area contributed by atoms with Crippen LogP contribution in [0.2, 0.25) is 5.02 Å².